The van der Waals surface area contributed by atoms with Gasteiger partial charge in [-0.05, 0) is 33.1 Å². The molecule has 3 N–H and O–H groups in total. The van der Waals surface area contributed by atoms with Crippen LogP contribution in [0.25, 0.3) is 0 Å². The van der Waals surface area contributed by atoms with Crippen LogP contribution in [0.2, 0.25) is 0 Å². The summed E-state index contributed by atoms with van der Waals surface area (Å²) < 4.78 is 28.9. The highest BCUT2D eigenvalue weighted by Crippen LogP contribution is 2.21. The molecule has 2 unspecified atom stereocenters. The summed E-state index contributed by atoms with van der Waals surface area (Å²) in [6.07, 6.45) is 3.67. The number of hydrogen-bond acceptors (Lipinski definition) is 3. The minimum absolute atomic E-state index is 0.0835. The number of nitrogens with one attached hydrogen (secondary N) is 1. The average molecular weight is 263 g/mol. The van der Waals surface area contributed by atoms with Gasteiger partial charge in [-0.15, -0.1) is 0 Å². The Balaban J connectivity index is 2.80. The van der Waals surface area contributed by atoms with Gasteiger partial charge >= 0.3 is 0 Å². The third kappa shape index (κ3) is 3.64. The van der Waals surface area contributed by atoms with Crippen LogP contribution < -0.4 is 10.5 Å². The fourth-order valence-corrected chi connectivity index (χ4v) is 3.97. The van der Waals surface area contributed by atoms with E-state index in [0.717, 1.165) is 19.3 Å². The summed E-state index contributed by atoms with van der Waals surface area (Å²) in [7, 11) is -3.41. The van der Waals surface area contributed by atoms with Gasteiger partial charge in [0.2, 0.25) is 0 Å². The van der Waals surface area contributed by atoms with Crippen molar-refractivity contribution in [3.63, 3.8) is 0 Å². The number of hydrogen-bond donors (Lipinski definition) is 2. The van der Waals surface area contributed by atoms with Crippen molar-refractivity contribution in [3.05, 3.63) is 0 Å². The van der Waals surface area contributed by atoms with Crippen molar-refractivity contribution in [2.75, 3.05) is 13.1 Å². The van der Waals surface area contributed by atoms with Crippen LogP contribution in [0.5, 0.6) is 0 Å². The molecule has 0 aromatic heterocycles. The zero-order valence-electron chi connectivity index (χ0n) is 11.1. The van der Waals surface area contributed by atoms with Crippen LogP contribution in [0.4, 0.5) is 0 Å². The summed E-state index contributed by atoms with van der Waals surface area (Å²) in [4.78, 5) is 0. The molecule has 0 bridgehead atoms. The maximum absolute atomic E-state index is 12.3. The van der Waals surface area contributed by atoms with E-state index in [4.69, 9.17) is 5.73 Å². The van der Waals surface area contributed by atoms with E-state index in [0.29, 0.717) is 19.5 Å². The molecular formula is C11H25N3O2S. The smallest absolute Gasteiger partial charge is 0.280 e. The predicted octanol–water partition coefficient (Wildman–Crippen LogP) is 0.823. The van der Waals surface area contributed by atoms with Crippen molar-refractivity contribution in [2.45, 2.75) is 58.0 Å². The third-order valence-corrected chi connectivity index (χ3v) is 5.57. The number of nitrogens with zero attached hydrogens (tertiary/aromatic N) is 1. The van der Waals surface area contributed by atoms with E-state index in [1.54, 1.807) is 4.31 Å². The maximum Gasteiger partial charge on any atom is 0.280 e. The lowest BCUT2D eigenvalue weighted by Gasteiger charge is -2.36. The normalized spacial score (nSPS) is 26.7. The first-order valence-electron chi connectivity index (χ1n) is 6.35. The van der Waals surface area contributed by atoms with E-state index >= 15 is 0 Å². The van der Waals surface area contributed by atoms with Crippen molar-refractivity contribution in [1.82, 2.24) is 9.03 Å². The molecule has 1 fully saturated rings. The molecule has 17 heavy (non-hydrogen) atoms. The fraction of sp³-hybridized carbons (Fsp3) is 1.00. The first-order chi connectivity index (χ1) is 7.84. The Labute approximate surface area is 105 Å². The zero-order chi connectivity index (χ0) is 13.1. The molecule has 0 aromatic rings. The summed E-state index contributed by atoms with van der Waals surface area (Å²) >= 11 is 0. The van der Waals surface area contributed by atoms with Crippen molar-refractivity contribution < 1.29 is 8.42 Å². The fourth-order valence-electron chi connectivity index (χ4n) is 2.06. The van der Waals surface area contributed by atoms with Crippen molar-refractivity contribution in [2.24, 2.45) is 5.73 Å². The Morgan fingerprint density at radius 2 is 2.12 bits per heavy atom. The van der Waals surface area contributed by atoms with Gasteiger partial charge in [-0.1, -0.05) is 13.3 Å². The SMILES string of the molecule is CCC(C)(CN)NS(=O)(=O)N1CCCCC1C. The topological polar surface area (TPSA) is 75.4 Å². The lowest BCUT2D eigenvalue weighted by molar-refractivity contribution is 0.258. The standard InChI is InChI=1S/C11H25N3O2S/c1-4-11(3,9-12)13-17(15,16)14-8-6-5-7-10(14)2/h10,13H,4-9,12H2,1-3H3. The summed E-state index contributed by atoms with van der Waals surface area (Å²) in [5.41, 5.74) is 5.10. The average Bonchev–Trinajstić information content (AvgIpc) is 2.28. The largest absolute Gasteiger partial charge is 0.329 e. The van der Waals surface area contributed by atoms with Crippen LogP contribution in [-0.4, -0.2) is 37.4 Å². The van der Waals surface area contributed by atoms with Crippen LogP contribution >= 0.6 is 0 Å². The molecule has 0 radical (unpaired) electrons. The predicted molar refractivity (Wildman–Crippen MR) is 69.8 cm³/mol. The molecule has 0 amide bonds. The van der Waals surface area contributed by atoms with Gasteiger partial charge in [0.25, 0.3) is 10.2 Å². The quantitative estimate of drug-likeness (QED) is 0.771. The van der Waals surface area contributed by atoms with Crippen molar-refractivity contribution >= 4 is 10.2 Å². The Morgan fingerprint density at radius 3 is 2.59 bits per heavy atom. The zero-order valence-corrected chi connectivity index (χ0v) is 11.9. The molecule has 1 aliphatic heterocycles. The van der Waals surface area contributed by atoms with E-state index < -0.39 is 15.7 Å². The van der Waals surface area contributed by atoms with Gasteiger partial charge < -0.3 is 5.73 Å². The van der Waals surface area contributed by atoms with Gasteiger partial charge in [0, 0.05) is 24.7 Å². The summed E-state index contributed by atoms with van der Waals surface area (Å²) in [6, 6.07) is 0.0835. The van der Waals surface area contributed by atoms with Gasteiger partial charge in [-0.3, -0.25) is 0 Å². The van der Waals surface area contributed by atoms with Gasteiger partial charge in [-0.2, -0.15) is 17.4 Å². The van der Waals surface area contributed by atoms with Crippen LogP contribution in [0.15, 0.2) is 0 Å². The molecule has 5 nitrogen and oxygen atoms in total. The molecule has 1 rings (SSSR count). The van der Waals surface area contributed by atoms with Crippen LogP contribution in [0, 0.1) is 0 Å². The maximum atomic E-state index is 12.3. The van der Waals surface area contributed by atoms with E-state index in [9.17, 15) is 8.42 Å². The van der Waals surface area contributed by atoms with E-state index in [-0.39, 0.29) is 6.04 Å². The summed E-state index contributed by atoms with van der Waals surface area (Å²) in [5.74, 6) is 0. The van der Waals surface area contributed by atoms with E-state index in [1.807, 2.05) is 20.8 Å². The highest BCUT2D eigenvalue weighted by atomic mass is 32.2. The number of nitrogens with two attached hydrogens (primary N) is 1. The molecule has 0 spiro atoms. The summed E-state index contributed by atoms with van der Waals surface area (Å²) in [5, 5.41) is 0. The minimum atomic E-state index is -3.41. The van der Waals surface area contributed by atoms with Crippen molar-refractivity contribution in [3.8, 4) is 0 Å². The second-order valence-electron chi connectivity index (χ2n) is 5.18. The van der Waals surface area contributed by atoms with Gasteiger partial charge in [-0.25, -0.2) is 0 Å². The molecule has 1 aliphatic rings. The molecular weight excluding hydrogens is 238 g/mol. The molecule has 102 valence electrons. The monoisotopic (exact) mass is 263 g/mol. The Bertz CT molecular complexity index is 339. The second kappa shape index (κ2) is 5.65. The van der Waals surface area contributed by atoms with Crippen LogP contribution in [0.1, 0.15) is 46.5 Å². The highest BCUT2D eigenvalue weighted by molar-refractivity contribution is 7.87. The molecule has 0 saturated carbocycles. The molecule has 1 saturated heterocycles. The second-order valence-corrected chi connectivity index (χ2v) is 6.80. The Morgan fingerprint density at radius 1 is 1.47 bits per heavy atom. The highest BCUT2D eigenvalue weighted by Gasteiger charge is 2.34. The minimum Gasteiger partial charge on any atom is -0.329 e. The van der Waals surface area contributed by atoms with Gasteiger partial charge in [0.05, 0.1) is 0 Å². The Kier molecular flexibility index (Phi) is 4.95. The molecule has 6 heteroatoms. The molecule has 2 atom stereocenters. The molecule has 1 heterocycles. The lowest BCUT2D eigenvalue weighted by Crippen LogP contribution is -2.57. The molecule has 0 aromatic carbocycles. The first-order valence-corrected chi connectivity index (χ1v) is 7.79. The van der Waals surface area contributed by atoms with Crippen LogP contribution in [0.3, 0.4) is 0 Å². The van der Waals surface area contributed by atoms with E-state index in [2.05, 4.69) is 4.72 Å². The van der Waals surface area contributed by atoms with Crippen LogP contribution in [-0.2, 0) is 10.2 Å². The van der Waals surface area contributed by atoms with Gasteiger partial charge in [0.15, 0.2) is 0 Å². The summed E-state index contributed by atoms with van der Waals surface area (Å²) in [6.45, 7) is 6.67. The lowest BCUT2D eigenvalue weighted by atomic mass is 10.0. The van der Waals surface area contributed by atoms with E-state index in [1.165, 1.54) is 0 Å². The Hall–Kier alpha value is -0.170. The number of rotatable bonds is 5. The third-order valence-electron chi connectivity index (χ3n) is 3.66. The van der Waals surface area contributed by atoms with Crippen molar-refractivity contribution in [1.29, 1.82) is 0 Å². The first kappa shape index (κ1) is 14.9. The van der Waals surface area contributed by atoms with Gasteiger partial charge in [0.1, 0.15) is 0 Å². The molecule has 0 aliphatic carbocycles. The number of piperidine rings is 1.